The van der Waals surface area contributed by atoms with Gasteiger partial charge in [-0.05, 0) is 29.9 Å². The summed E-state index contributed by atoms with van der Waals surface area (Å²) in [6, 6.07) is 8.24. The fourth-order valence-corrected chi connectivity index (χ4v) is 3.03. The lowest BCUT2D eigenvalue weighted by atomic mass is 10.0. The second-order valence-corrected chi connectivity index (χ2v) is 6.54. The standard InChI is InChI=1S/C19H26N2O2/c1-13(2)15-11-9-14(10-12-15)5-3-8-18(22)21-17-7-4-6-16(17)19(20)23/h3,5,9-13,16-17H,4,6-8H2,1-2H3,(H2,20,23)(H,21,22)/b5-3+/t16-,17-/m1/s1. The number of nitrogens with two attached hydrogens (primary N) is 1. The van der Waals surface area contributed by atoms with Gasteiger partial charge in [-0.3, -0.25) is 9.59 Å². The number of carbonyl (C=O) groups is 2. The minimum Gasteiger partial charge on any atom is -0.369 e. The number of hydrogen-bond acceptors (Lipinski definition) is 2. The van der Waals surface area contributed by atoms with Crippen molar-refractivity contribution in [1.82, 2.24) is 5.32 Å². The summed E-state index contributed by atoms with van der Waals surface area (Å²) in [7, 11) is 0. The third-order valence-electron chi connectivity index (χ3n) is 4.44. The Balaban J connectivity index is 1.83. The summed E-state index contributed by atoms with van der Waals surface area (Å²) < 4.78 is 0. The molecule has 1 aliphatic carbocycles. The molecule has 4 heteroatoms. The van der Waals surface area contributed by atoms with Crippen LogP contribution >= 0.6 is 0 Å². The Morgan fingerprint density at radius 2 is 1.96 bits per heavy atom. The first-order valence-electron chi connectivity index (χ1n) is 8.32. The van der Waals surface area contributed by atoms with Crippen molar-refractivity contribution >= 4 is 17.9 Å². The highest BCUT2D eigenvalue weighted by atomic mass is 16.2. The lowest BCUT2D eigenvalue weighted by Gasteiger charge is -2.17. The summed E-state index contributed by atoms with van der Waals surface area (Å²) in [6.07, 6.45) is 6.67. The number of carbonyl (C=O) groups excluding carboxylic acids is 2. The number of amides is 2. The number of primary amides is 1. The molecule has 1 aromatic rings. The summed E-state index contributed by atoms with van der Waals surface area (Å²) in [5.74, 6) is -0.0679. The number of rotatable bonds is 6. The Kier molecular flexibility index (Phi) is 5.97. The largest absolute Gasteiger partial charge is 0.369 e. The van der Waals surface area contributed by atoms with Crippen molar-refractivity contribution in [2.24, 2.45) is 11.7 Å². The van der Waals surface area contributed by atoms with Crippen LogP contribution in [0.15, 0.2) is 30.3 Å². The summed E-state index contributed by atoms with van der Waals surface area (Å²) in [5.41, 5.74) is 7.75. The average molecular weight is 314 g/mol. The molecule has 124 valence electrons. The Morgan fingerprint density at radius 3 is 2.57 bits per heavy atom. The van der Waals surface area contributed by atoms with Gasteiger partial charge in [-0.1, -0.05) is 56.7 Å². The van der Waals surface area contributed by atoms with Crippen LogP contribution in [0.2, 0.25) is 0 Å². The van der Waals surface area contributed by atoms with Crippen LogP contribution in [0.4, 0.5) is 0 Å². The predicted octanol–water partition coefficient (Wildman–Crippen LogP) is 2.98. The second-order valence-electron chi connectivity index (χ2n) is 6.54. The molecule has 0 radical (unpaired) electrons. The van der Waals surface area contributed by atoms with Crippen LogP contribution in [-0.4, -0.2) is 17.9 Å². The van der Waals surface area contributed by atoms with Gasteiger partial charge in [0.15, 0.2) is 0 Å². The van der Waals surface area contributed by atoms with Gasteiger partial charge in [-0.25, -0.2) is 0 Å². The molecule has 1 saturated carbocycles. The number of hydrogen-bond donors (Lipinski definition) is 2. The molecule has 2 rings (SSSR count). The molecular weight excluding hydrogens is 288 g/mol. The van der Waals surface area contributed by atoms with Gasteiger partial charge in [-0.15, -0.1) is 0 Å². The molecule has 3 N–H and O–H groups in total. The minimum atomic E-state index is -0.311. The summed E-state index contributed by atoms with van der Waals surface area (Å²) >= 11 is 0. The van der Waals surface area contributed by atoms with Crippen molar-refractivity contribution in [3.05, 3.63) is 41.5 Å². The van der Waals surface area contributed by atoms with Gasteiger partial charge in [0.25, 0.3) is 0 Å². The highest BCUT2D eigenvalue weighted by molar-refractivity contribution is 5.82. The van der Waals surface area contributed by atoms with Gasteiger partial charge in [-0.2, -0.15) is 0 Å². The normalized spacial score (nSPS) is 21.0. The average Bonchev–Trinajstić information content (AvgIpc) is 2.96. The quantitative estimate of drug-likeness (QED) is 0.847. The zero-order chi connectivity index (χ0) is 16.8. The third kappa shape index (κ3) is 4.95. The highest BCUT2D eigenvalue weighted by Crippen LogP contribution is 2.25. The van der Waals surface area contributed by atoms with E-state index in [1.165, 1.54) is 5.56 Å². The van der Waals surface area contributed by atoms with Gasteiger partial charge >= 0.3 is 0 Å². The molecule has 0 spiro atoms. The van der Waals surface area contributed by atoms with Crippen molar-refractivity contribution < 1.29 is 9.59 Å². The highest BCUT2D eigenvalue weighted by Gasteiger charge is 2.32. The molecule has 1 aromatic carbocycles. The third-order valence-corrected chi connectivity index (χ3v) is 4.44. The maximum Gasteiger partial charge on any atom is 0.224 e. The fourth-order valence-electron chi connectivity index (χ4n) is 3.03. The van der Waals surface area contributed by atoms with E-state index in [0.717, 1.165) is 24.8 Å². The summed E-state index contributed by atoms with van der Waals surface area (Å²) in [5, 5.41) is 2.93. The van der Waals surface area contributed by atoms with E-state index in [2.05, 4.69) is 43.4 Å². The Morgan fingerprint density at radius 1 is 1.26 bits per heavy atom. The van der Waals surface area contributed by atoms with E-state index < -0.39 is 0 Å². The Bertz CT molecular complexity index is 576. The van der Waals surface area contributed by atoms with E-state index in [9.17, 15) is 9.59 Å². The van der Waals surface area contributed by atoms with Crippen molar-refractivity contribution in [3.8, 4) is 0 Å². The first-order valence-corrected chi connectivity index (χ1v) is 8.32. The minimum absolute atomic E-state index is 0.0572. The van der Waals surface area contributed by atoms with Crippen LogP contribution in [-0.2, 0) is 9.59 Å². The first-order chi connectivity index (χ1) is 11.0. The fraction of sp³-hybridized carbons (Fsp3) is 0.474. The molecule has 0 saturated heterocycles. The number of nitrogens with one attached hydrogen (secondary N) is 1. The van der Waals surface area contributed by atoms with Crippen LogP contribution in [0.5, 0.6) is 0 Å². The van der Waals surface area contributed by atoms with Gasteiger partial charge in [0, 0.05) is 12.5 Å². The van der Waals surface area contributed by atoms with Crippen molar-refractivity contribution in [2.45, 2.75) is 51.5 Å². The predicted molar refractivity (Wildman–Crippen MR) is 92.6 cm³/mol. The summed E-state index contributed by atoms with van der Waals surface area (Å²) in [4.78, 5) is 23.3. The Labute approximate surface area is 138 Å². The lowest BCUT2D eigenvalue weighted by molar-refractivity contribution is -0.124. The van der Waals surface area contributed by atoms with Crippen molar-refractivity contribution in [1.29, 1.82) is 0 Å². The van der Waals surface area contributed by atoms with E-state index in [4.69, 9.17) is 5.73 Å². The topological polar surface area (TPSA) is 72.2 Å². The molecule has 1 fully saturated rings. The molecule has 2 amide bonds. The summed E-state index contributed by atoms with van der Waals surface area (Å²) in [6.45, 7) is 4.33. The van der Waals surface area contributed by atoms with E-state index in [-0.39, 0.29) is 23.8 Å². The van der Waals surface area contributed by atoms with Gasteiger partial charge in [0.1, 0.15) is 0 Å². The molecule has 2 atom stereocenters. The number of benzene rings is 1. The first kappa shape index (κ1) is 17.3. The van der Waals surface area contributed by atoms with Crippen molar-refractivity contribution in [3.63, 3.8) is 0 Å². The van der Waals surface area contributed by atoms with Gasteiger partial charge in [0.2, 0.25) is 11.8 Å². The van der Waals surface area contributed by atoms with E-state index in [1.54, 1.807) is 0 Å². The van der Waals surface area contributed by atoms with E-state index in [1.807, 2.05) is 12.2 Å². The maximum atomic E-state index is 12.0. The van der Waals surface area contributed by atoms with Crippen molar-refractivity contribution in [2.75, 3.05) is 0 Å². The van der Waals surface area contributed by atoms with Gasteiger partial charge < -0.3 is 11.1 Å². The van der Waals surface area contributed by atoms with Crippen LogP contribution in [0.25, 0.3) is 6.08 Å². The van der Waals surface area contributed by atoms with Gasteiger partial charge in [0.05, 0.1) is 5.92 Å². The van der Waals surface area contributed by atoms with E-state index >= 15 is 0 Å². The second kappa shape index (κ2) is 7.95. The SMILES string of the molecule is CC(C)c1ccc(/C=C/CC(=O)N[C@@H]2CCC[C@H]2C(N)=O)cc1. The zero-order valence-electron chi connectivity index (χ0n) is 13.9. The van der Waals surface area contributed by atoms with Crippen LogP contribution in [0.3, 0.4) is 0 Å². The van der Waals surface area contributed by atoms with Crippen LogP contribution in [0.1, 0.15) is 56.6 Å². The molecule has 4 nitrogen and oxygen atoms in total. The zero-order valence-corrected chi connectivity index (χ0v) is 13.9. The molecular formula is C19H26N2O2. The molecule has 0 aromatic heterocycles. The molecule has 0 heterocycles. The molecule has 0 unspecified atom stereocenters. The monoisotopic (exact) mass is 314 g/mol. The lowest BCUT2D eigenvalue weighted by Crippen LogP contribution is -2.42. The smallest absolute Gasteiger partial charge is 0.224 e. The van der Waals surface area contributed by atoms with E-state index in [0.29, 0.717) is 12.3 Å². The Hall–Kier alpha value is -2.10. The molecule has 23 heavy (non-hydrogen) atoms. The maximum absolute atomic E-state index is 12.0. The molecule has 0 aliphatic heterocycles. The van der Waals surface area contributed by atoms with Crippen LogP contribution < -0.4 is 11.1 Å². The molecule has 0 bridgehead atoms. The molecule has 1 aliphatic rings. The van der Waals surface area contributed by atoms with Crippen LogP contribution in [0, 0.1) is 5.92 Å².